The zero-order chi connectivity index (χ0) is 23.8. The number of nitrogens with one attached hydrogen (secondary N) is 1. The summed E-state index contributed by atoms with van der Waals surface area (Å²) < 4.78 is 5.39. The van der Waals surface area contributed by atoms with Gasteiger partial charge in [-0.25, -0.2) is 0 Å². The lowest BCUT2D eigenvalue weighted by Crippen LogP contribution is -2.63. The monoisotopic (exact) mass is 462 g/mol. The Balaban J connectivity index is 1.56. The Labute approximate surface area is 196 Å². The number of para-hydroxylation sites is 1. The zero-order valence-corrected chi connectivity index (χ0v) is 18.9. The van der Waals surface area contributed by atoms with Crippen LogP contribution in [0.25, 0.3) is 10.9 Å². The summed E-state index contributed by atoms with van der Waals surface area (Å²) in [6.45, 7) is 3.56. The Morgan fingerprint density at radius 2 is 1.91 bits per heavy atom. The van der Waals surface area contributed by atoms with Gasteiger partial charge in [0.25, 0.3) is 5.69 Å². The molecule has 2 atom stereocenters. The molecule has 1 N–H and O–H groups in total. The van der Waals surface area contributed by atoms with Gasteiger partial charge < -0.3 is 19.5 Å². The summed E-state index contributed by atoms with van der Waals surface area (Å²) in [6.07, 6.45) is 1.10. The largest absolute Gasteiger partial charge is 0.382 e. The molecule has 3 heterocycles. The van der Waals surface area contributed by atoms with Gasteiger partial charge in [-0.05, 0) is 42.7 Å². The van der Waals surface area contributed by atoms with E-state index in [1.54, 1.807) is 21.9 Å². The highest BCUT2D eigenvalue weighted by atomic mass is 16.6. The predicted octanol–water partition coefficient (Wildman–Crippen LogP) is 3.19. The zero-order valence-electron chi connectivity index (χ0n) is 18.9. The van der Waals surface area contributed by atoms with Gasteiger partial charge in [-0.3, -0.25) is 19.7 Å². The Morgan fingerprint density at radius 3 is 2.65 bits per heavy atom. The molecule has 5 rings (SSSR count). The number of carbonyl (C=O) groups excluding carboxylic acids is 2. The van der Waals surface area contributed by atoms with Crippen LogP contribution in [0.15, 0.2) is 48.5 Å². The second-order valence-electron chi connectivity index (χ2n) is 8.65. The van der Waals surface area contributed by atoms with Gasteiger partial charge in [0.05, 0.1) is 17.5 Å². The van der Waals surface area contributed by atoms with Crippen LogP contribution >= 0.6 is 0 Å². The standard InChI is InChI=1S/C25H26N4O5/c1-2-34-13-5-12-27-15-22(30)28-21(25(27)31)14-19-18-6-3-4-7-20(18)26-23(19)24(28)16-8-10-17(11-9-16)29(32)33/h3-4,6-11,21,24,26H,2,5,12-15H2,1H3/t21-,24+/m0/s1. The minimum atomic E-state index is -0.625. The number of piperazine rings is 1. The molecule has 0 spiro atoms. The molecule has 2 aromatic carbocycles. The van der Waals surface area contributed by atoms with Crippen molar-refractivity contribution < 1.29 is 19.2 Å². The van der Waals surface area contributed by atoms with E-state index in [1.807, 2.05) is 31.2 Å². The average Bonchev–Trinajstić information content (AvgIpc) is 3.22. The number of amides is 2. The normalized spacial score (nSPS) is 19.9. The minimum Gasteiger partial charge on any atom is -0.382 e. The van der Waals surface area contributed by atoms with Crippen LogP contribution in [0.3, 0.4) is 0 Å². The molecule has 0 aliphatic carbocycles. The van der Waals surface area contributed by atoms with Gasteiger partial charge in [0.15, 0.2) is 0 Å². The highest BCUT2D eigenvalue weighted by Crippen LogP contribution is 2.42. The molecule has 176 valence electrons. The molecule has 2 aliphatic heterocycles. The van der Waals surface area contributed by atoms with E-state index in [0.29, 0.717) is 32.6 Å². The van der Waals surface area contributed by atoms with E-state index in [0.717, 1.165) is 27.7 Å². The van der Waals surface area contributed by atoms with Gasteiger partial charge in [-0.15, -0.1) is 0 Å². The number of nitrogens with zero attached hydrogens (tertiary/aromatic N) is 3. The van der Waals surface area contributed by atoms with E-state index < -0.39 is 17.0 Å². The van der Waals surface area contributed by atoms with E-state index in [1.165, 1.54) is 12.1 Å². The quantitative estimate of drug-likeness (QED) is 0.330. The summed E-state index contributed by atoms with van der Waals surface area (Å²) in [5.41, 5.74) is 3.52. The van der Waals surface area contributed by atoms with E-state index >= 15 is 0 Å². The van der Waals surface area contributed by atoms with E-state index in [9.17, 15) is 19.7 Å². The van der Waals surface area contributed by atoms with Crippen molar-refractivity contribution >= 4 is 28.4 Å². The molecule has 0 saturated carbocycles. The smallest absolute Gasteiger partial charge is 0.269 e. The van der Waals surface area contributed by atoms with Crippen LogP contribution in [0.2, 0.25) is 0 Å². The summed E-state index contributed by atoms with van der Waals surface area (Å²) in [5.74, 6) is -0.201. The molecule has 1 saturated heterocycles. The third kappa shape index (κ3) is 3.71. The number of nitro benzene ring substituents is 1. The predicted molar refractivity (Wildman–Crippen MR) is 125 cm³/mol. The van der Waals surface area contributed by atoms with Crippen LogP contribution in [-0.4, -0.2) is 63.9 Å². The lowest BCUT2D eigenvalue weighted by atomic mass is 9.86. The van der Waals surface area contributed by atoms with E-state index in [-0.39, 0.29) is 24.0 Å². The lowest BCUT2D eigenvalue weighted by Gasteiger charge is -2.47. The molecular weight excluding hydrogens is 436 g/mol. The summed E-state index contributed by atoms with van der Waals surface area (Å²) in [7, 11) is 0. The molecule has 2 aliphatic rings. The van der Waals surface area contributed by atoms with Crippen molar-refractivity contribution in [3.8, 4) is 0 Å². The molecule has 3 aromatic rings. The molecule has 34 heavy (non-hydrogen) atoms. The van der Waals surface area contributed by atoms with E-state index in [4.69, 9.17) is 4.74 Å². The number of carbonyl (C=O) groups is 2. The topological polar surface area (TPSA) is 109 Å². The van der Waals surface area contributed by atoms with Crippen LogP contribution in [0, 0.1) is 10.1 Å². The van der Waals surface area contributed by atoms with Gasteiger partial charge in [0.1, 0.15) is 6.04 Å². The van der Waals surface area contributed by atoms with Crippen molar-refractivity contribution in [3.63, 3.8) is 0 Å². The van der Waals surface area contributed by atoms with Crippen LogP contribution in [0.1, 0.15) is 36.2 Å². The molecule has 9 nitrogen and oxygen atoms in total. The lowest BCUT2D eigenvalue weighted by molar-refractivity contribution is -0.384. The van der Waals surface area contributed by atoms with Crippen molar-refractivity contribution in [2.24, 2.45) is 0 Å². The number of nitro groups is 1. The number of non-ortho nitro benzene ring substituents is 1. The summed E-state index contributed by atoms with van der Waals surface area (Å²) in [4.78, 5) is 44.5. The third-order valence-electron chi connectivity index (χ3n) is 6.68. The third-order valence-corrected chi connectivity index (χ3v) is 6.68. The number of hydrogen-bond donors (Lipinski definition) is 1. The van der Waals surface area contributed by atoms with Gasteiger partial charge >= 0.3 is 0 Å². The highest BCUT2D eigenvalue weighted by molar-refractivity contribution is 5.97. The van der Waals surface area contributed by atoms with Crippen LogP contribution in [0.4, 0.5) is 5.69 Å². The number of fused-ring (bicyclic) bond motifs is 4. The van der Waals surface area contributed by atoms with Crippen molar-refractivity contribution in [2.75, 3.05) is 26.3 Å². The number of ether oxygens (including phenoxy) is 1. The number of rotatable bonds is 7. The summed E-state index contributed by atoms with van der Waals surface area (Å²) >= 11 is 0. The van der Waals surface area contributed by atoms with Crippen molar-refractivity contribution in [3.05, 3.63) is 75.5 Å². The Hall–Kier alpha value is -3.72. The van der Waals surface area contributed by atoms with Crippen LogP contribution in [0.5, 0.6) is 0 Å². The summed E-state index contributed by atoms with van der Waals surface area (Å²) in [6, 6.07) is 13.0. The molecule has 1 aromatic heterocycles. The number of aromatic amines is 1. The second-order valence-corrected chi connectivity index (χ2v) is 8.65. The summed E-state index contributed by atoms with van der Waals surface area (Å²) in [5, 5.41) is 12.2. The SMILES string of the molecule is CCOCCCN1CC(=O)N2[C@H](c3ccc([N+](=O)[O-])cc3)c3[nH]c4ccccc4c3C[C@H]2C1=O. The minimum absolute atomic E-state index is 0.0144. The average molecular weight is 463 g/mol. The fourth-order valence-electron chi connectivity index (χ4n) is 5.14. The first kappa shape index (κ1) is 22.1. The van der Waals surface area contributed by atoms with Gasteiger partial charge in [0.2, 0.25) is 11.8 Å². The Kier molecular flexibility index (Phi) is 5.79. The maximum absolute atomic E-state index is 13.5. The molecule has 0 unspecified atom stereocenters. The van der Waals surface area contributed by atoms with Gasteiger partial charge in [-0.1, -0.05) is 18.2 Å². The first-order valence-electron chi connectivity index (χ1n) is 11.5. The molecule has 0 bridgehead atoms. The molecule has 2 amide bonds. The van der Waals surface area contributed by atoms with Crippen molar-refractivity contribution in [2.45, 2.75) is 31.8 Å². The van der Waals surface area contributed by atoms with E-state index in [2.05, 4.69) is 4.98 Å². The first-order chi connectivity index (χ1) is 16.5. The maximum atomic E-state index is 13.5. The van der Waals surface area contributed by atoms with Crippen molar-refractivity contribution in [1.29, 1.82) is 0 Å². The van der Waals surface area contributed by atoms with Gasteiger partial charge in [-0.2, -0.15) is 0 Å². The molecule has 9 heteroatoms. The van der Waals surface area contributed by atoms with Gasteiger partial charge in [0, 0.05) is 54.9 Å². The van der Waals surface area contributed by atoms with Crippen LogP contribution in [-0.2, 0) is 20.7 Å². The Bertz CT molecular complexity index is 1250. The molecular formula is C25H26N4O5. The number of H-pyrrole nitrogens is 1. The Morgan fingerprint density at radius 1 is 1.15 bits per heavy atom. The fourth-order valence-corrected chi connectivity index (χ4v) is 5.14. The fraction of sp³-hybridized carbons (Fsp3) is 0.360. The van der Waals surface area contributed by atoms with Crippen LogP contribution < -0.4 is 0 Å². The number of aromatic nitrogens is 1. The van der Waals surface area contributed by atoms with Crippen molar-refractivity contribution in [1.82, 2.24) is 14.8 Å². The molecule has 0 radical (unpaired) electrons. The maximum Gasteiger partial charge on any atom is 0.269 e. The number of benzene rings is 2. The number of hydrogen-bond acceptors (Lipinski definition) is 5. The highest BCUT2D eigenvalue weighted by Gasteiger charge is 2.48. The first-order valence-corrected chi connectivity index (χ1v) is 11.5. The second kappa shape index (κ2) is 8.90. The molecule has 1 fully saturated rings.